The standard InChI is InChI=1S/C27H27N3O/c31-27-8-7-25-17-24(5-6-26(25)18-27)23-3-1-21(2-4-23)19-29-13-15-30(16-14-29)20-22-9-11-28-12-10-22/h1-12,17-18,31H,13-16,19-20H2. The van der Waals surface area contributed by atoms with E-state index in [4.69, 9.17) is 0 Å². The number of benzene rings is 3. The van der Waals surface area contributed by atoms with Crippen molar-refractivity contribution in [1.82, 2.24) is 14.8 Å². The second-order valence-electron chi connectivity index (χ2n) is 8.35. The second-order valence-corrected chi connectivity index (χ2v) is 8.35. The van der Waals surface area contributed by atoms with Crippen molar-refractivity contribution in [3.05, 3.63) is 96.3 Å². The predicted octanol–water partition coefficient (Wildman–Crippen LogP) is 4.93. The molecule has 1 saturated heterocycles. The Hall–Kier alpha value is -3.21. The smallest absolute Gasteiger partial charge is 0.116 e. The zero-order chi connectivity index (χ0) is 21.0. The van der Waals surface area contributed by atoms with Gasteiger partial charge in [0.1, 0.15) is 5.75 Å². The first-order chi connectivity index (χ1) is 15.2. The van der Waals surface area contributed by atoms with Gasteiger partial charge in [0.25, 0.3) is 0 Å². The molecule has 0 saturated carbocycles. The Morgan fingerprint density at radius 1 is 0.613 bits per heavy atom. The van der Waals surface area contributed by atoms with Gasteiger partial charge in [-0.1, -0.05) is 42.5 Å². The van der Waals surface area contributed by atoms with Gasteiger partial charge in [0, 0.05) is 51.7 Å². The highest BCUT2D eigenvalue weighted by atomic mass is 16.3. The highest BCUT2D eigenvalue weighted by Crippen LogP contribution is 2.27. The number of piperazine rings is 1. The molecule has 0 spiro atoms. The number of aromatic hydroxyl groups is 1. The van der Waals surface area contributed by atoms with Crippen molar-refractivity contribution in [2.24, 2.45) is 0 Å². The van der Waals surface area contributed by atoms with Gasteiger partial charge in [-0.05, 0) is 63.4 Å². The van der Waals surface area contributed by atoms with Crippen molar-refractivity contribution in [3.63, 3.8) is 0 Å². The lowest BCUT2D eigenvalue weighted by molar-refractivity contribution is 0.122. The first kappa shape index (κ1) is 19.7. The molecule has 1 fully saturated rings. The van der Waals surface area contributed by atoms with Crippen molar-refractivity contribution in [2.75, 3.05) is 26.2 Å². The summed E-state index contributed by atoms with van der Waals surface area (Å²) >= 11 is 0. The van der Waals surface area contributed by atoms with Crippen molar-refractivity contribution < 1.29 is 5.11 Å². The Morgan fingerprint density at radius 3 is 1.84 bits per heavy atom. The second kappa shape index (κ2) is 8.88. The van der Waals surface area contributed by atoms with E-state index >= 15 is 0 Å². The summed E-state index contributed by atoms with van der Waals surface area (Å²) in [6.45, 7) is 6.42. The highest BCUT2D eigenvalue weighted by Gasteiger charge is 2.17. The van der Waals surface area contributed by atoms with Crippen LogP contribution < -0.4 is 0 Å². The van der Waals surface area contributed by atoms with Crippen LogP contribution >= 0.6 is 0 Å². The summed E-state index contributed by atoms with van der Waals surface area (Å²) in [5, 5.41) is 11.9. The summed E-state index contributed by atoms with van der Waals surface area (Å²) in [5.74, 6) is 0.308. The van der Waals surface area contributed by atoms with E-state index < -0.39 is 0 Å². The minimum Gasteiger partial charge on any atom is -0.508 e. The maximum Gasteiger partial charge on any atom is 0.116 e. The summed E-state index contributed by atoms with van der Waals surface area (Å²) in [4.78, 5) is 9.17. The minimum absolute atomic E-state index is 0.308. The summed E-state index contributed by atoms with van der Waals surface area (Å²) in [7, 11) is 0. The fraction of sp³-hybridized carbons (Fsp3) is 0.222. The first-order valence-corrected chi connectivity index (χ1v) is 10.9. The average Bonchev–Trinajstić information content (AvgIpc) is 2.81. The van der Waals surface area contributed by atoms with Crippen LogP contribution in [0.15, 0.2) is 85.2 Å². The lowest BCUT2D eigenvalue weighted by atomic mass is 10.00. The van der Waals surface area contributed by atoms with Gasteiger partial charge in [0.05, 0.1) is 0 Å². The Labute approximate surface area is 183 Å². The van der Waals surface area contributed by atoms with Crippen LogP contribution in [0, 0.1) is 0 Å². The summed E-state index contributed by atoms with van der Waals surface area (Å²) < 4.78 is 0. The maximum atomic E-state index is 9.65. The number of pyridine rings is 1. The summed E-state index contributed by atoms with van der Waals surface area (Å²) in [6, 6.07) is 25.0. The number of rotatable bonds is 5. The van der Waals surface area contributed by atoms with E-state index in [0.29, 0.717) is 5.75 Å². The molecule has 156 valence electrons. The number of fused-ring (bicyclic) bond motifs is 1. The molecule has 0 aliphatic carbocycles. The molecule has 4 nitrogen and oxygen atoms in total. The third kappa shape index (κ3) is 4.76. The summed E-state index contributed by atoms with van der Waals surface area (Å²) in [6.07, 6.45) is 3.75. The largest absolute Gasteiger partial charge is 0.508 e. The molecule has 1 aromatic heterocycles. The van der Waals surface area contributed by atoms with Gasteiger partial charge >= 0.3 is 0 Å². The number of aromatic nitrogens is 1. The molecule has 0 radical (unpaired) electrons. The number of phenolic OH excluding ortho intramolecular Hbond substituents is 1. The number of hydrogen-bond acceptors (Lipinski definition) is 4. The van der Waals surface area contributed by atoms with Gasteiger partial charge < -0.3 is 5.11 Å². The van der Waals surface area contributed by atoms with E-state index in [0.717, 1.165) is 50.0 Å². The van der Waals surface area contributed by atoms with Crippen molar-refractivity contribution in [3.8, 4) is 16.9 Å². The van der Waals surface area contributed by atoms with E-state index in [2.05, 4.69) is 69.4 Å². The zero-order valence-corrected chi connectivity index (χ0v) is 17.6. The maximum absolute atomic E-state index is 9.65. The number of hydrogen-bond donors (Lipinski definition) is 1. The molecule has 31 heavy (non-hydrogen) atoms. The van der Waals surface area contributed by atoms with Gasteiger partial charge in [-0.15, -0.1) is 0 Å². The lowest BCUT2D eigenvalue weighted by Crippen LogP contribution is -2.45. The topological polar surface area (TPSA) is 39.6 Å². The van der Waals surface area contributed by atoms with Crippen LogP contribution in [0.5, 0.6) is 5.75 Å². The van der Waals surface area contributed by atoms with Gasteiger partial charge in [0.15, 0.2) is 0 Å². The summed E-state index contributed by atoms with van der Waals surface area (Å²) in [5.41, 5.74) is 5.12. The molecular formula is C27H27N3O. The van der Waals surface area contributed by atoms with Gasteiger partial charge in [0.2, 0.25) is 0 Å². The van der Waals surface area contributed by atoms with E-state index in [1.54, 1.807) is 12.1 Å². The average molecular weight is 410 g/mol. The van der Waals surface area contributed by atoms with E-state index in [1.165, 1.54) is 22.3 Å². The normalized spacial score (nSPS) is 15.4. The van der Waals surface area contributed by atoms with Crippen LogP contribution in [0.2, 0.25) is 0 Å². The molecule has 0 bridgehead atoms. The van der Waals surface area contributed by atoms with Crippen molar-refractivity contribution in [2.45, 2.75) is 13.1 Å². The van der Waals surface area contributed by atoms with Crippen LogP contribution in [0.3, 0.4) is 0 Å². The van der Waals surface area contributed by atoms with Crippen LogP contribution in [-0.2, 0) is 13.1 Å². The van der Waals surface area contributed by atoms with Gasteiger partial charge in [-0.25, -0.2) is 0 Å². The molecule has 5 rings (SSSR count). The molecular weight excluding hydrogens is 382 g/mol. The molecule has 0 atom stereocenters. The van der Waals surface area contributed by atoms with E-state index in [1.807, 2.05) is 18.5 Å². The Balaban J connectivity index is 1.19. The molecule has 3 aromatic carbocycles. The molecule has 1 aliphatic rings. The quantitative estimate of drug-likeness (QED) is 0.508. The molecule has 2 heterocycles. The molecule has 1 aliphatic heterocycles. The van der Waals surface area contributed by atoms with Crippen LogP contribution in [-0.4, -0.2) is 46.1 Å². The van der Waals surface area contributed by atoms with E-state index in [-0.39, 0.29) is 0 Å². The third-order valence-electron chi connectivity index (χ3n) is 6.14. The molecule has 4 heteroatoms. The Kier molecular flexibility index (Phi) is 5.65. The van der Waals surface area contributed by atoms with Crippen LogP contribution in [0.1, 0.15) is 11.1 Å². The molecule has 1 N–H and O–H groups in total. The molecule has 0 unspecified atom stereocenters. The minimum atomic E-state index is 0.308. The van der Waals surface area contributed by atoms with Crippen molar-refractivity contribution in [1.29, 1.82) is 0 Å². The third-order valence-corrected chi connectivity index (χ3v) is 6.14. The van der Waals surface area contributed by atoms with Crippen molar-refractivity contribution >= 4 is 10.8 Å². The Bertz CT molecular complexity index is 1150. The zero-order valence-electron chi connectivity index (χ0n) is 17.6. The number of phenols is 1. The van der Waals surface area contributed by atoms with E-state index in [9.17, 15) is 5.11 Å². The predicted molar refractivity (Wildman–Crippen MR) is 126 cm³/mol. The van der Waals surface area contributed by atoms with Gasteiger partial charge in [-0.2, -0.15) is 0 Å². The Morgan fingerprint density at radius 2 is 1.16 bits per heavy atom. The van der Waals surface area contributed by atoms with Gasteiger partial charge in [-0.3, -0.25) is 14.8 Å². The monoisotopic (exact) mass is 409 g/mol. The number of nitrogens with zero attached hydrogens (tertiary/aromatic N) is 3. The lowest BCUT2D eigenvalue weighted by Gasteiger charge is -2.34. The molecule has 0 amide bonds. The van der Waals surface area contributed by atoms with Crippen LogP contribution in [0.25, 0.3) is 21.9 Å². The first-order valence-electron chi connectivity index (χ1n) is 10.9. The SMILES string of the molecule is Oc1ccc2cc(-c3ccc(CN4CCN(Cc5ccncc5)CC4)cc3)ccc2c1. The fourth-order valence-corrected chi connectivity index (χ4v) is 4.33. The highest BCUT2D eigenvalue weighted by molar-refractivity contribution is 5.88. The fourth-order valence-electron chi connectivity index (χ4n) is 4.33. The molecule has 4 aromatic rings. The van der Waals surface area contributed by atoms with Crippen LogP contribution in [0.4, 0.5) is 0 Å².